The van der Waals surface area contributed by atoms with Gasteiger partial charge in [-0.25, -0.2) is 9.67 Å². The number of nitrogens with zero attached hydrogens (tertiary/aromatic N) is 5. The Morgan fingerprint density at radius 3 is 2.61 bits per heavy atom. The maximum Gasteiger partial charge on any atom is 0.276 e. The van der Waals surface area contributed by atoms with Gasteiger partial charge in [-0.3, -0.25) is 4.79 Å². The molecule has 0 aliphatic carbocycles. The molecule has 7 heteroatoms. The van der Waals surface area contributed by atoms with Crippen LogP contribution in [0.4, 0.5) is 5.69 Å². The average Bonchev–Trinajstić information content (AvgIpc) is 3.10. The summed E-state index contributed by atoms with van der Waals surface area (Å²) in [4.78, 5) is 16.2. The number of aromatic nitrogens is 5. The minimum absolute atomic E-state index is 0.243. The molecule has 0 fully saturated rings. The van der Waals surface area contributed by atoms with Crippen LogP contribution < -0.4 is 5.32 Å². The summed E-state index contributed by atoms with van der Waals surface area (Å²) in [6.45, 7) is 4.16. The molecule has 3 aromatic rings. The van der Waals surface area contributed by atoms with Crippen LogP contribution in [0.2, 0.25) is 0 Å². The highest BCUT2D eigenvalue weighted by Gasteiger charge is 2.12. The average molecular weight is 308 g/mol. The smallest absolute Gasteiger partial charge is 0.276 e. The lowest BCUT2D eigenvalue weighted by Crippen LogP contribution is -2.16. The molecule has 0 spiro atoms. The maximum absolute atomic E-state index is 12.3. The van der Waals surface area contributed by atoms with Crippen molar-refractivity contribution in [3.05, 3.63) is 60.3 Å². The van der Waals surface area contributed by atoms with E-state index >= 15 is 0 Å². The number of carbonyl (C=O) groups excluding carboxylic acids is 1. The molecule has 2 aromatic heterocycles. The summed E-state index contributed by atoms with van der Waals surface area (Å²) < 4.78 is 1.47. The van der Waals surface area contributed by atoms with Crippen molar-refractivity contribution in [3.8, 4) is 5.82 Å². The number of hydrogen-bond donors (Lipinski definition) is 1. The molecular weight excluding hydrogens is 292 g/mol. The summed E-state index contributed by atoms with van der Waals surface area (Å²) in [6.07, 6.45) is 2.92. The Kier molecular flexibility index (Phi) is 4.09. The Hall–Kier alpha value is -3.09. The molecule has 116 valence electrons. The molecule has 0 saturated carbocycles. The van der Waals surface area contributed by atoms with Crippen molar-refractivity contribution in [2.45, 2.75) is 19.8 Å². The third kappa shape index (κ3) is 3.23. The van der Waals surface area contributed by atoms with Crippen LogP contribution in [0.15, 0.2) is 49.1 Å². The van der Waals surface area contributed by atoms with Gasteiger partial charge in [0.1, 0.15) is 12.7 Å². The SMILES string of the molecule is CC(C)c1ccccc1NC(=O)c1ccc(-n2cncn2)nn1. The molecule has 0 atom stereocenters. The third-order valence-corrected chi connectivity index (χ3v) is 3.37. The second-order valence-electron chi connectivity index (χ2n) is 5.31. The monoisotopic (exact) mass is 308 g/mol. The van der Waals surface area contributed by atoms with Crippen LogP contribution in [0.3, 0.4) is 0 Å². The fourth-order valence-electron chi connectivity index (χ4n) is 2.20. The van der Waals surface area contributed by atoms with Gasteiger partial charge in [0.25, 0.3) is 5.91 Å². The largest absolute Gasteiger partial charge is 0.320 e. The Balaban J connectivity index is 1.79. The lowest BCUT2D eigenvalue weighted by molar-refractivity contribution is 0.102. The number of nitrogens with one attached hydrogen (secondary N) is 1. The van der Waals surface area contributed by atoms with Gasteiger partial charge >= 0.3 is 0 Å². The summed E-state index contributed by atoms with van der Waals surface area (Å²) in [7, 11) is 0. The lowest BCUT2D eigenvalue weighted by Gasteiger charge is -2.13. The second-order valence-corrected chi connectivity index (χ2v) is 5.31. The van der Waals surface area contributed by atoms with Gasteiger partial charge in [-0.1, -0.05) is 32.0 Å². The molecular formula is C16H16N6O. The summed E-state index contributed by atoms with van der Waals surface area (Å²) >= 11 is 0. The van der Waals surface area contributed by atoms with Gasteiger partial charge in [0.2, 0.25) is 0 Å². The zero-order valence-electron chi connectivity index (χ0n) is 12.8. The highest BCUT2D eigenvalue weighted by Crippen LogP contribution is 2.23. The molecule has 1 aromatic carbocycles. The first kappa shape index (κ1) is 14.8. The fraction of sp³-hybridized carbons (Fsp3) is 0.188. The highest BCUT2D eigenvalue weighted by molar-refractivity contribution is 6.03. The number of benzene rings is 1. The van der Waals surface area contributed by atoms with Crippen molar-refractivity contribution >= 4 is 11.6 Å². The number of amides is 1. The predicted octanol–water partition coefficient (Wildman–Crippen LogP) is 2.43. The van der Waals surface area contributed by atoms with Crippen LogP contribution in [0.5, 0.6) is 0 Å². The Bertz CT molecular complexity index is 796. The minimum atomic E-state index is -0.296. The Labute approximate surface area is 133 Å². The molecule has 1 N–H and O–H groups in total. The fourth-order valence-corrected chi connectivity index (χ4v) is 2.20. The number of carbonyl (C=O) groups is 1. The number of anilines is 1. The molecule has 3 rings (SSSR count). The summed E-state index contributed by atoms with van der Waals surface area (Å²) in [5.74, 6) is 0.518. The minimum Gasteiger partial charge on any atom is -0.320 e. The van der Waals surface area contributed by atoms with E-state index in [2.05, 4.69) is 39.4 Å². The Morgan fingerprint density at radius 1 is 1.13 bits per heavy atom. The molecule has 0 bridgehead atoms. The van der Waals surface area contributed by atoms with Crippen molar-refractivity contribution in [1.82, 2.24) is 25.0 Å². The van der Waals surface area contributed by atoms with Gasteiger partial charge in [-0.2, -0.15) is 5.10 Å². The quantitative estimate of drug-likeness (QED) is 0.800. The molecule has 2 heterocycles. The third-order valence-electron chi connectivity index (χ3n) is 3.37. The van der Waals surface area contributed by atoms with Crippen LogP contribution in [0.1, 0.15) is 35.8 Å². The van der Waals surface area contributed by atoms with Gasteiger partial charge in [-0.15, -0.1) is 10.2 Å². The van der Waals surface area contributed by atoms with Crippen LogP contribution in [0.25, 0.3) is 5.82 Å². The normalized spacial score (nSPS) is 10.7. The van der Waals surface area contributed by atoms with E-state index in [0.717, 1.165) is 11.3 Å². The number of para-hydroxylation sites is 1. The molecule has 1 amide bonds. The molecule has 7 nitrogen and oxygen atoms in total. The highest BCUT2D eigenvalue weighted by atomic mass is 16.1. The van der Waals surface area contributed by atoms with E-state index < -0.39 is 0 Å². The topological polar surface area (TPSA) is 85.6 Å². The van der Waals surface area contributed by atoms with Crippen molar-refractivity contribution in [2.75, 3.05) is 5.32 Å². The molecule has 23 heavy (non-hydrogen) atoms. The van der Waals surface area contributed by atoms with Gasteiger partial charge in [0.05, 0.1) is 0 Å². The summed E-state index contributed by atoms with van der Waals surface area (Å²) in [6, 6.07) is 11.0. The van der Waals surface area contributed by atoms with Crippen LogP contribution in [-0.2, 0) is 0 Å². The number of rotatable bonds is 4. The van der Waals surface area contributed by atoms with E-state index in [4.69, 9.17) is 0 Å². The first-order valence-corrected chi connectivity index (χ1v) is 7.24. The van der Waals surface area contributed by atoms with Gasteiger partial charge in [-0.05, 0) is 29.7 Å². The standard InChI is InChI=1S/C16H16N6O/c1-11(2)12-5-3-4-6-13(12)19-16(23)14-7-8-15(21-20-14)22-10-17-9-18-22/h3-11H,1-2H3,(H,19,23). The molecule has 0 radical (unpaired) electrons. The maximum atomic E-state index is 12.3. The van der Waals surface area contributed by atoms with Crippen molar-refractivity contribution < 1.29 is 4.79 Å². The van der Waals surface area contributed by atoms with Crippen LogP contribution in [0, 0.1) is 0 Å². The van der Waals surface area contributed by atoms with Crippen molar-refractivity contribution in [2.24, 2.45) is 0 Å². The second kappa shape index (κ2) is 6.35. The van der Waals surface area contributed by atoms with E-state index in [9.17, 15) is 4.79 Å². The predicted molar refractivity (Wildman–Crippen MR) is 85.4 cm³/mol. The first-order chi connectivity index (χ1) is 11.1. The molecule has 0 aliphatic heterocycles. The zero-order valence-corrected chi connectivity index (χ0v) is 12.8. The van der Waals surface area contributed by atoms with Crippen LogP contribution >= 0.6 is 0 Å². The van der Waals surface area contributed by atoms with E-state index in [-0.39, 0.29) is 11.6 Å². The number of hydrogen-bond acceptors (Lipinski definition) is 5. The van der Waals surface area contributed by atoms with Gasteiger partial charge in [0, 0.05) is 5.69 Å². The summed E-state index contributed by atoms with van der Waals surface area (Å²) in [5.41, 5.74) is 2.11. The van der Waals surface area contributed by atoms with E-state index in [1.165, 1.54) is 17.3 Å². The van der Waals surface area contributed by atoms with Crippen LogP contribution in [-0.4, -0.2) is 30.9 Å². The van der Waals surface area contributed by atoms with E-state index in [0.29, 0.717) is 11.7 Å². The van der Waals surface area contributed by atoms with Crippen molar-refractivity contribution in [3.63, 3.8) is 0 Å². The van der Waals surface area contributed by atoms with Crippen molar-refractivity contribution in [1.29, 1.82) is 0 Å². The lowest BCUT2D eigenvalue weighted by atomic mass is 10.0. The summed E-state index contributed by atoms with van der Waals surface area (Å²) in [5, 5.41) is 14.8. The Morgan fingerprint density at radius 2 is 1.96 bits per heavy atom. The first-order valence-electron chi connectivity index (χ1n) is 7.24. The van der Waals surface area contributed by atoms with E-state index in [1.54, 1.807) is 12.1 Å². The van der Waals surface area contributed by atoms with Gasteiger partial charge < -0.3 is 5.32 Å². The molecule has 0 unspecified atom stereocenters. The zero-order chi connectivity index (χ0) is 16.2. The molecule has 0 aliphatic rings. The van der Waals surface area contributed by atoms with Gasteiger partial charge in [0.15, 0.2) is 11.5 Å². The molecule has 0 saturated heterocycles. The van der Waals surface area contributed by atoms with E-state index in [1.807, 2.05) is 24.3 Å².